The standard InChI is InChI=1S/C63H120N4O14S2/c1-7-13-42-77-59(72)29-19-15-25-57(70)49-67(50-58(71)26-16-20-30-60(73)78-43-14-8-2)35-24-45-82-83-46-41-65-38-36-64(37-39-65)40-44-79-61(74)33-23-34-66(47-55(68)27-17-21-31-62(75)80-51-53(9-3)10-4)48-56(69)28-18-22-32-63(76)81-52-54(11-5)12-6/h53-58,68-71H,7-52H2,1-6H3. The number of unbranched alkanes of at least 4 members (excludes halogenated alkanes) is 6. The molecule has 0 bridgehead atoms. The van der Waals surface area contributed by atoms with Crippen molar-refractivity contribution >= 4 is 51.4 Å². The molecule has 1 aliphatic rings. The molecule has 1 fully saturated rings. The number of esters is 5. The molecule has 1 heterocycles. The van der Waals surface area contributed by atoms with Gasteiger partial charge in [-0.2, -0.15) is 0 Å². The molecule has 1 aliphatic heterocycles. The number of carbonyl (C=O) groups is 5. The van der Waals surface area contributed by atoms with Gasteiger partial charge in [-0.1, -0.05) is 127 Å². The molecule has 0 aromatic carbocycles. The van der Waals surface area contributed by atoms with Crippen molar-refractivity contribution in [2.24, 2.45) is 11.8 Å². The Labute approximate surface area is 511 Å². The van der Waals surface area contributed by atoms with Crippen molar-refractivity contribution in [2.45, 2.75) is 239 Å². The number of aliphatic hydroxyl groups is 4. The lowest BCUT2D eigenvalue weighted by molar-refractivity contribution is -0.146. The third-order valence-corrected chi connectivity index (χ3v) is 18.1. The van der Waals surface area contributed by atoms with Gasteiger partial charge in [0.05, 0.1) is 50.8 Å². The molecule has 18 nitrogen and oxygen atoms in total. The van der Waals surface area contributed by atoms with Crippen LogP contribution in [-0.2, 0) is 47.7 Å². The van der Waals surface area contributed by atoms with E-state index < -0.39 is 24.4 Å². The summed E-state index contributed by atoms with van der Waals surface area (Å²) in [5.74, 6) is 1.69. The van der Waals surface area contributed by atoms with Gasteiger partial charge in [0.15, 0.2) is 0 Å². The number of nitrogens with zero attached hydrogens (tertiary/aromatic N) is 4. The first-order valence-corrected chi connectivity index (χ1v) is 35.3. The largest absolute Gasteiger partial charge is 0.466 e. The fourth-order valence-corrected chi connectivity index (χ4v) is 11.9. The molecule has 488 valence electrons. The lowest BCUT2D eigenvalue weighted by Gasteiger charge is -2.34. The smallest absolute Gasteiger partial charge is 0.305 e. The molecule has 0 spiro atoms. The van der Waals surface area contributed by atoms with Gasteiger partial charge in [-0.3, -0.25) is 43.6 Å². The van der Waals surface area contributed by atoms with Gasteiger partial charge >= 0.3 is 29.8 Å². The quantitative estimate of drug-likeness (QED) is 0.0192. The summed E-state index contributed by atoms with van der Waals surface area (Å²) in [4.78, 5) is 70.4. The van der Waals surface area contributed by atoms with Crippen molar-refractivity contribution < 1.29 is 68.1 Å². The highest BCUT2D eigenvalue weighted by Crippen LogP contribution is 2.23. The minimum absolute atomic E-state index is 0.182. The summed E-state index contributed by atoms with van der Waals surface area (Å²) >= 11 is 0. The lowest BCUT2D eigenvalue weighted by atomic mass is 10.1. The Balaban J connectivity index is 2.48. The topological polar surface area (TPSA) is 225 Å². The summed E-state index contributed by atoms with van der Waals surface area (Å²) in [6, 6.07) is 0. The molecular formula is C63H120N4O14S2. The van der Waals surface area contributed by atoms with Crippen LogP contribution in [0.1, 0.15) is 215 Å². The van der Waals surface area contributed by atoms with E-state index in [-0.39, 0.29) is 36.3 Å². The molecule has 83 heavy (non-hydrogen) atoms. The monoisotopic (exact) mass is 1220 g/mol. The summed E-state index contributed by atoms with van der Waals surface area (Å²) in [5.41, 5.74) is 0. The van der Waals surface area contributed by atoms with Crippen LogP contribution >= 0.6 is 21.6 Å². The number of carbonyl (C=O) groups excluding carboxylic acids is 5. The fourth-order valence-electron chi connectivity index (χ4n) is 9.76. The van der Waals surface area contributed by atoms with E-state index in [9.17, 15) is 44.4 Å². The second kappa shape index (κ2) is 53.9. The van der Waals surface area contributed by atoms with Gasteiger partial charge in [-0.05, 0) is 102 Å². The Morgan fingerprint density at radius 1 is 0.398 bits per heavy atom. The van der Waals surface area contributed by atoms with Crippen LogP contribution in [0.3, 0.4) is 0 Å². The van der Waals surface area contributed by atoms with Gasteiger partial charge in [0.25, 0.3) is 0 Å². The van der Waals surface area contributed by atoms with E-state index >= 15 is 0 Å². The zero-order valence-corrected chi connectivity index (χ0v) is 54.6. The minimum atomic E-state index is -0.655. The SMILES string of the molecule is CCCCOC(=O)CCCCC(O)CN(CCCSSCCN1CCN(CCOC(=O)CCCN(CC(O)CCCCC(=O)OCC(CC)CC)CC(O)CCCCC(=O)OCC(CC)CC)CC1)CC(O)CCCCC(=O)OCCCC. The second-order valence-corrected chi connectivity index (χ2v) is 25.7. The molecule has 0 aromatic heterocycles. The van der Waals surface area contributed by atoms with E-state index in [0.717, 1.165) is 121 Å². The number of ether oxygens (including phenoxy) is 5. The first kappa shape index (κ1) is 78.7. The molecule has 0 aromatic rings. The van der Waals surface area contributed by atoms with Crippen LogP contribution in [0, 0.1) is 11.8 Å². The summed E-state index contributed by atoms with van der Waals surface area (Å²) < 4.78 is 27.1. The van der Waals surface area contributed by atoms with Crippen LogP contribution in [0.5, 0.6) is 0 Å². The molecule has 0 amide bonds. The zero-order chi connectivity index (χ0) is 61.1. The van der Waals surface area contributed by atoms with Gasteiger partial charge in [0.1, 0.15) is 6.61 Å². The average molecular weight is 1220 g/mol. The number of aliphatic hydroxyl groups excluding tert-OH is 4. The number of piperazine rings is 1. The number of hydrogen-bond donors (Lipinski definition) is 4. The van der Waals surface area contributed by atoms with Crippen LogP contribution in [0.2, 0.25) is 0 Å². The van der Waals surface area contributed by atoms with E-state index in [4.69, 9.17) is 23.7 Å². The van der Waals surface area contributed by atoms with Crippen molar-refractivity contribution in [1.29, 1.82) is 0 Å². The molecule has 4 unspecified atom stereocenters. The highest BCUT2D eigenvalue weighted by molar-refractivity contribution is 8.76. The highest BCUT2D eigenvalue weighted by atomic mass is 33.1. The van der Waals surface area contributed by atoms with Crippen molar-refractivity contribution in [1.82, 2.24) is 19.6 Å². The first-order chi connectivity index (χ1) is 40.1. The summed E-state index contributed by atoms with van der Waals surface area (Å²) in [6.45, 7) is 22.9. The Morgan fingerprint density at radius 2 is 0.723 bits per heavy atom. The van der Waals surface area contributed by atoms with Crippen molar-refractivity contribution in [3.63, 3.8) is 0 Å². The van der Waals surface area contributed by atoms with Crippen molar-refractivity contribution in [3.8, 4) is 0 Å². The van der Waals surface area contributed by atoms with E-state index in [1.165, 1.54) is 0 Å². The fraction of sp³-hybridized carbons (Fsp3) is 0.921. The van der Waals surface area contributed by atoms with E-state index in [2.05, 4.69) is 56.2 Å². The summed E-state index contributed by atoms with van der Waals surface area (Å²) in [6.07, 6.45) is 15.8. The molecular weight excluding hydrogens is 1100 g/mol. The Kier molecular flexibility index (Phi) is 51.2. The van der Waals surface area contributed by atoms with Gasteiger partial charge in [-0.25, -0.2) is 0 Å². The van der Waals surface area contributed by atoms with Crippen molar-refractivity contribution in [3.05, 3.63) is 0 Å². The Bertz CT molecular complexity index is 1510. The van der Waals surface area contributed by atoms with Gasteiger partial charge in [-0.15, -0.1) is 0 Å². The van der Waals surface area contributed by atoms with Crippen LogP contribution in [0.15, 0.2) is 0 Å². The maximum absolute atomic E-state index is 12.9. The van der Waals surface area contributed by atoms with Gasteiger partial charge < -0.3 is 44.1 Å². The Hall–Kier alpha value is -2.27. The molecule has 4 atom stereocenters. The highest BCUT2D eigenvalue weighted by Gasteiger charge is 2.21. The average Bonchev–Trinajstić information content (AvgIpc) is 3.47. The lowest BCUT2D eigenvalue weighted by Crippen LogP contribution is -2.47. The molecule has 1 rings (SSSR count). The van der Waals surface area contributed by atoms with Crippen LogP contribution in [0.25, 0.3) is 0 Å². The van der Waals surface area contributed by atoms with E-state index in [1.807, 2.05) is 26.5 Å². The zero-order valence-electron chi connectivity index (χ0n) is 53.0. The third kappa shape index (κ3) is 46.5. The van der Waals surface area contributed by atoms with Crippen molar-refractivity contribution in [2.75, 3.05) is 123 Å². The first-order valence-electron chi connectivity index (χ1n) is 32.8. The minimum Gasteiger partial charge on any atom is -0.466 e. The molecule has 20 heteroatoms. The predicted molar refractivity (Wildman–Crippen MR) is 335 cm³/mol. The molecule has 0 radical (unpaired) electrons. The number of rotatable bonds is 57. The van der Waals surface area contributed by atoms with Crippen LogP contribution in [0.4, 0.5) is 0 Å². The third-order valence-electron chi connectivity index (χ3n) is 15.6. The normalized spacial score (nSPS) is 14.8. The summed E-state index contributed by atoms with van der Waals surface area (Å²) in [7, 11) is 3.73. The van der Waals surface area contributed by atoms with E-state index in [0.29, 0.717) is 180 Å². The molecule has 1 saturated heterocycles. The predicted octanol–water partition coefficient (Wildman–Crippen LogP) is 9.63. The molecule has 0 aliphatic carbocycles. The second-order valence-electron chi connectivity index (χ2n) is 23.0. The van der Waals surface area contributed by atoms with Crippen LogP contribution in [-0.4, -0.2) is 217 Å². The van der Waals surface area contributed by atoms with Gasteiger partial charge in [0, 0.05) is 109 Å². The molecule has 4 N–H and O–H groups in total. The maximum atomic E-state index is 12.9. The van der Waals surface area contributed by atoms with E-state index in [1.54, 1.807) is 0 Å². The summed E-state index contributed by atoms with van der Waals surface area (Å²) in [5, 5.41) is 43.9. The molecule has 0 saturated carbocycles. The van der Waals surface area contributed by atoms with Crippen LogP contribution < -0.4 is 0 Å². The number of hydrogen-bond acceptors (Lipinski definition) is 20. The maximum Gasteiger partial charge on any atom is 0.305 e. The Morgan fingerprint density at radius 3 is 1.10 bits per heavy atom. The van der Waals surface area contributed by atoms with Gasteiger partial charge in [0.2, 0.25) is 0 Å².